The number of aromatic hydroxyl groups is 1. The summed E-state index contributed by atoms with van der Waals surface area (Å²) in [5.41, 5.74) is 1.89. The fourth-order valence-electron chi connectivity index (χ4n) is 1.67. The number of aliphatic carboxylic acids is 1. The van der Waals surface area contributed by atoms with Crippen molar-refractivity contribution in [3.8, 4) is 5.75 Å². The third kappa shape index (κ3) is 4.03. The molecule has 0 aliphatic heterocycles. The van der Waals surface area contributed by atoms with Crippen molar-refractivity contribution in [3.05, 3.63) is 59.7 Å². The van der Waals surface area contributed by atoms with Crippen molar-refractivity contribution in [2.75, 3.05) is 0 Å². The maximum absolute atomic E-state index is 10.6. The summed E-state index contributed by atoms with van der Waals surface area (Å²) >= 11 is 1.55. The van der Waals surface area contributed by atoms with Crippen LogP contribution in [0.15, 0.2) is 53.4 Å². The summed E-state index contributed by atoms with van der Waals surface area (Å²) < 4.78 is 0. The number of thioether (sulfide) groups is 1. The Labute approximate surface area is 115 Å². The smallest absolute Gasteiger partial charge is 0.307 e. The molecule has 0 aliphatic carbocycles. The van der Waals surface area contributed by atoms with Crippen LogP contribution >= 0.6 is 11.8 Å². The van der Waals surface area contributed by atoms with Crippen LogP contribution in [0.25, 0.3) is 0 Å². The Bertz CT molecular complexity index is 564. The van der Waals surface area contributed by atoms with Gasteiger partial charge in [0, 0.05) is 10.6 Å². The molecule has 0 atom stereocenters. The molecule has 0 fully saturated rings. The molecule has 0 saturated heterocycles. The standard InChI is InChI=1S/C15H14O3S/c16-13-3-1-2-4-14(13)19-10-12-7-5-11(6-8-12)9-15(17)18/h1-8,16H,9-10H2,(H,17,18). The van der Waals surface area contributed by atoms with E-state index in [-0.39, 0.29) is 12.2 Å². The zero-order valence-electron chi connectivity index (χ0n) is 10.2. The van der Waals surface area contributed by atoms with Gasteiger partial charge >= 0.3 is 5.97 Å². The molecule has 19 heavy (non-hydrogen) atoms. The molecular formula is C15H14O3S. The van der Waals surface area contributed by atoms with Crippen molar-refractivity contribution in [3.63, 3.8) is 0 Å². The number of benzene rings is 2. The van der Waals surface area contributed by atoms with Gasteiger partial charge < -0.3 is 10.2 Å². The van der Waals surface area contributed by atoms with Crippen molar-refractivity contribution in [1.29, 1.82) is 0 Å². The van der Waals surface area contributed by atoms with Crippen LogP contribution in [-0.2, 0) is 17.0 Å². The molecular weight excluding hydrogens is 260 g/mol. The highest BCUT2D eigenvalue weighted by atomic mass is 32.2. The molecule has 2 aromatic rings. The molecule has 0 spiro atoms. The first-order valence-electron chi connectivity index (χ1n) is 5.85. The molecule has 0 radical (unpaired) electrons. The minimum absolute atomic E-state index is 0.0485. The molecule has 0 heterocycles. The Morgan fingerprint density at radius 3 is 2.26 bits per heavy atom. The Hall–Kier alpha value is -1.94. The first-order chi connectivity index (χ1) is 9.15. The summed E-state index contributed by atoms with van der Waals surface area (Å²) in [6.45, 7) is 0. The predicted octanol–water partition coefficient (Wildman–Crippen LogP) is 3.31. The van der Waals surface area contributed by atoms with Gasteiger partial charge in [0.25, 0.3) is 0 Å². The van der Waals surface area contributed by atoms with Crippen LogP contribution in [0.3, 0.4) is 0 Å². The van der Waals surface area contributed by atoms with Crippen molar-refractivity contribution < 1.29 is 15.0 Å². The Morgan fingerprint density at radius 2 is 1.63 bits per heavy atom. The molecule has 0 aliphatic rings. The number of phenols is 1. The van der Waals surface area contributed by atoms with Gasteiger partial charge in [0.05, 0.1) is 6.42 Å². The zero-order valence-corrected chi connectivity index (χ0v) is 11.1. The number of carbonyl (C=O) groups is 1. The number of hydrogen-bond donors (Lipinski definition) is 2. The van der Waals surface area contributed by atoms with Gasteiger partial charge in [-0.2, -0.15) is 0 Å². The largest absolute Gasteiger partial charge is 0.507 e. The van der Waals surface area contributed by atoms with Gasteiger partial charge in [-0.25, -0.2) is 0 Å². The maximum Gasteiger partial charge on any atom is 0.307 e. The zero-order chi connectivity index (χ0) is 13.7. The third-order valence-electron chi connectivity index (χ3n) is 2.64. The lowest BCUT2D eigenvalue weighted by Gasteiger charge is -2.05. The van der Waals surface area contributed by atoms with E-state index in [0.29, 0.717) is 0 Å². The van der Waals surface area contributed by atoms with Crippen LogP contribution < -0.4 is 0 Å². The highest BCUT2D eigenvalue weighted by Gasteiger charge is 2.03. The van der Waals surface area contributed by atoms with Gasteiger partial charge in [-0.15, -0.1) is 11.8 Å². The average molecular weight is 274 g/mol. The van der Waals surface area contributed by atoms with Crippen LogP contribution in [-0.4, -0.2) is 16.2 Å². The number of carboxylic acids is 1. The summed E-state index contributed by atoms with van der Waals surface area (Å²) in [5, 5.41) is 18.3. The summed E-state index contributed by atoms with van der Waals surface area (Å²) in [6, 6.07) is 14.7. The molecule has 0 saturated carbocycles. The summed E-state index contributed by atoms with van der Waals surface area (Å²) in [6.07, 6.45) is 0.0485. The van der Waals surface area contributed by atoms with Crippen LogP contribution in [0, 0.1) is 0 Å². The fourth-order valence-corrected chi connectivity index (χ4v) is 2.57. The molecule has 98 valence electrons. The number of para-hydroxylation sites is 1. The molecule has 4 heteroatoms. The second-order valence-electron chi connectivity index (χ2n) is 4.14. The van der Waals surface area contributed by atoms with Crippen molar-refractivity contribution in [1.82, 2.24) is 0 Å². The SMILES string of the molecule is O=C(O)Cc1ccc(CSc2ccccc2O)cc1. The molecule has 2 N–H and O–H groups in total. The van der Waals surface area contributed by atoms with E-state index in [1.54, 1.807) is 23.9 Å². The Balaban J connectivity index is 1.97. The highest BCUT2D eigenvalue weighted by molar-refractivity contribution is 7.98. The second-order valence-corrected chi connectivity index (χ2v) is 5.16. The van der Waals surface area contributed by atoms with Gasteiger partial charge in [-0.3, -0.25) is 4.79 Å². The second kappa shape index (κ2) is 6.29. The lowest BCUT2D eigenvalue weighted by Crippen LogP contribution is -1.99. The normalized spacial score (nSPS) is 10.3. The Kier molecular flexibility index (Phi) is 4.47. The molecule has 0 amide bonds. The monoisotopic (exact) mass is 274 g/mol. The van der Waals surface area contributed by atoms with Crippen LogP contribution in [0.1, 0.15) is 11.1 Å². The lowest BCUT2D eigenvalue weighted by atomic mass is 10.1. The van der Waals surface area contributed by atoms with Crippen LogP contribution in [0.4, 0.5) is 0 Å². The van der Waals surface area contributed by atoms with Crippen molar-refractivity contribution >= 4 is 17.7 Å². The van der Waals surface area contributed by atoms with Gasteiger partial charge in [0.15, 0.2) is 0 Å². The minimum atomic E-state index is -0.823. The van der Waals surface area contributed by atoms with E-state index in [4.69, 9.17) is 5.11 Å². The number of phenolic OH excluding ortho intramolecular Hbond substituents is 1. The molecule has 0 bridgehead atoms. The highest BCUT2D eigenvalue weighted by Crippen LogP contribution is 2.30. The maximum atomic E-state index is 10.6. The first-order valence-corrected chi connectivity index (χ1v) is 6.84. The van der Waals surface area contributed by atoms with Gasteiger partial charge in [-0.1, -0.05) is 36.4 Å². The average Bonchev–Trinajstić information content (AvgIpc) is 2.39. The molecule has 2 aromatic carbocycles. The minimum Gasteiger partial charge on any atom is -0.507 e. The summed E-state index contributed by atoms with van der Waals surface area (Å²) in [7, 11) is 0. The summed E-state index contributed by atoms with van der Waals surface area (Å²) in [5.74, 6) is 0.205. The van der Waals surface area contributed by atoms with E-state index in [9.17, 15) is 9.90 Å². The van der Waals surface area contributed by atoms with E-state index in [1.165, 1.54) is 0 Å². The predicted molar refractivity (Wildman–Crippen MR) is 75.4 cm³/mol. The number of rotatable bonds is 5. The van der Waals surface area contributed by atoms with E-state index in [0.717, 1.165) is 21.8 Å². The quantitative estimate of drug-likeness (QED) is 0.821. The topological polar surface area (TPSA) is 57.5 Å². The van der Waals surface area contributed by atoms with Gasteiger partial charge in [0.2, 0.25) is 0 Å². The molecule has 0 aromatic heterocycles. The molecule has 0 unspecified atom stereocenters. The van der Waals surface area contributed by atoms with Crippen molar-refractivity contribution in [2.45, 2.75) is 17.1 Å². The molecule has 2 rings (SSSR count). The summed E-state index contributed by atoms with van der Waals surface area (Å²) in [4.78, 5) is 11.4. The van der Waals surface area contributed by atoms with Gasteiger partial charge in [0.1, 0.15) is 5.75 Å². The fraction of sp³-hybridized carbons (Fsp3) is 0.133. The van der Waals surface area contributed by atoms with Crippen LogP contribution in [0.2, 0.25) is 0 Å². The number of carboxylic acid groups (broad SMARTS) is 1. The van der Waals surface area contributed by atoms with E-state index >= 15 is 0 Å². The van der Waals surface area contributed by atoms with E-state index in [2.05, 4.69) is 0 Å². The van der Waals surface area contributed by atoms with Crippen molar-refractivity contribution in [2.24, 2.45) is 0 Å². The van der Waals surface area contributed by atoms with Gasteiger partial charge in [-0.05, 0) is 23.3 Å². The third-order valence-corrected chi connectivity index (χ3v) is 3.77. The van der Waals surface area contributed by atoms with E-state index in [1.807, 2.05) is 36.4 Å². The Morgan fingerprint density at radius 1 is 1.00 bits per heavy atom. The lowest BCUT2D eigenvalue weighted by molar-refractivity contribution is -0.136. The first kappa shape index (κ1) is 13.5. The molecule has 3 nitrogen and oxygen atoms in total. The number of hydrogen-bond acceptors (Lipinski definition) is 3. The van der Waals surface area contributed by atoms with Crippen LogP contribution in [0.5, 0.6) is 5.75 Å². The van der Waals surface area contributed by atoms with E-state index < -0.39 is 5.97 Å².